The van der Waals surface area contributed by atoms with Gasteiger partial charge in [-0.05, 0) is 0 Å². The maximum atomic E-state index is 10.5. The fraction of sp³-hybridized carbons (Fsp3) is 0.556. The van der Waals surface area contributed by atoms with Gasteiger partial charge < -0.3 is 9.90 Å². The summed E-state index contributed by atoms with van der Waals surface area (Å²) in [7, 11) is 3.78. The van der Waals surface area contributed by atoms with Gasteiger partial charge in [0.1, 0.15) is 5.69 Å². The Balaban J connectivity index is 3.21. The summed E-state index contributed by atoms with van der Waals surface area (Å²) in [6.07, 6.45) is -0.0238. The van der Waals surface area contributed by atoms with Gasteiger partial charge in [-0.2, -0.15) is 0 Å². The van der Waals surface area contributed by atoms with Crippen LogP contribution < -0.4 is 9.67 Å². The van der Waals surface area contributed by atoms with Crippen LogP contribution in [0.1, 0.15) is 17.2 Å². The maximum absolute atomic E-state index is 10.5. The summed E-state index contributed by atoms with van der Waals surface area (Å²) in [6, 6.07) is 0. The number of hydrogen-bond donors (Lipinski definition) is 0. The highest BCUT2D eigenvalue weighted by Gasteiger charge is 2.19. The highest BCUT2D eigenvalue weighted by atomic mass is 16.4. The second-order valence-electron chi connectivity index (χ2n) is 3.25. The average Bonchev–Trinajstić information content (AvgIpc) is 2.22. The number of aromatic nitrogens is 2. The van der Waals surface area contributed by atoms with Gasteiger partial charge in [-0.1, -0.05) is 0 Å². The van der Waals surface area contributed by atoms with Gasteiger partial charge in [-0.3, -0.25) is 0 Å². The Hall–Kier alpha value is -1.32. The molecule has 0 bridgehead atoms. The Morgan fingerprint density at radius 1 is 1.54 bits per heavy atom. The molecule has 1 aromatic rings. The lowest BCUT2D eigenvalue weighted by Gasteiger charge is -1.99. The van der Waals surface area contributed by atoms with Gasteiger partial charge in [0.2, 0.25) is 0 Å². The molecule has 0 saturated heterocycles. The Morgan fingerprint density at radius 3 is 2.38 bits per heavy atom. The largest absolute Gasteiger partial charge is 0.550 e. The first-order valence-corrected chi connectivity index (χ1v) is 4.15. The fourth-order valence-electron chi connectivity index (χ4n) is 1.48. The van der Waals surface area contributed by atoms with Crippen molar-refractivity contribution in [3.63, 3.8) is 0 Å². The van der Waals surface area contributed by atoms with Crippen molar-refractivity contribution in [2.24, 2.45) is 14.1 Å². The Bertz CT molecular complexity index is 327. The molecule has 0 aliphatic carbocycles. The molecular weight excluding hydrogens is 168 g/mol. The van der Waals surface area contributed by atoms with E-state index < -0.39 is 5.97 Å². The molecule has 0 radical (unpaired) electrons. The molecular formula is C9H14N2O2. The van der Waals surface area contributed by atoms with E-state index in [2.05, 4.69) is 0 Å². The van der Waals surface area contributed by atoms with Gasteiger partial charge in [0, 0.05) is 19.8 Å². The van der Waals surface area contributed by atoms with E-state index in [1.165, 1.54) is 0 Å². The molecule has 0 saturated carbocycles. The van der Waals surface area contributed by atoms with Gasteiger partial charge in [0.05, 0.1) is 20.5 Å². The van der Waals surface area contributed by atoms with E-state index in [4.69, 9.17) is 0 Å². The van der Waals surface area contributed by atoms with Crippen LogP contribution in [0.2, 0.25) is 0 Å². The molecule has 0 aromatic carbocycles. The summed E-state index contributed by atoms with van der Waals surface area (Å²) >= 11 is 0. The van der Waals surface area contributed by atoms with Gasteiger partial charge in [0.15, 0.2) is 5.69 Å². The third-order valence-corrected chi connectivity index (χ3v) is 2.61. The Kier molecular flexibility index (Phi) is 2.40. The van der Waals surface area contributed by atoms with Gasteiger partial charge in [-0.25, -0.2) is 9.13 Å². The van der Waals surface area contributed by atoms with E-state index in [-0.39, 0.29) is 6.42 Å². The molecule has 1 heterocycles. The van der Waals surface area contributed by atoms with E-state index in [9.17, 15) is 9.90 Å². The maximum Gasteiger partial charge on any atom is 0.253 e. The van der Waals surface area contributed by atoms with Crippen molar-refractivity contribution in [3.05, 3.63) is 17.2 Å². The standard InChI is InChI=1S/C9H14N2O2/c1-6-8(5-9(12)13)11(4)7(2)10(6)3/h5H2,1-4H3. The second kappa shape index (κ2) is 3.20. The molecule has 4 heteroatoms. The van der Waals surface area contributed by atoms with Crippen LogP contribution in [0.25, 0.3) is 0 Å². The zero-order valence-electron chi connectivity index (χ0n) is 8.42. The van der Waals surface area contributed by atoms with Crippen LogP contribution >= 0.6 is 0 Å². The first-order valence-electron chi connectivity index (χ1n) is 4.15. The van der Waals surface area contributed by atoms with Crippen molar-refractivity contribution in [2.45, 2.75) is 20.3 Å². The zero-order chi connectivity index (χ0) is 10.2. The van der Waals surface area contributed by atoms with Crippen LogP contribution in [0.3, 0.4) is 0 Å². The molecule has 4 nitrogen and oxygen atoms in total. The van der Waals surface area contributed by atoms with Gasteiger partial charge >= 0.3 is 0 Å². The lowest BCUT2D eigenvalue weighted by atomic mass is 10.2. The predicted molar refractivity (Wildman–Crippen MR) is 44.8 cm³/mol. The first kappa shape index (κ1) is 9.77. The zero-order valence-corrected chi connectivity index (χ0v) is 8.42. The highest BCUT2D eigenvalue weighted by Crippen LogP contribution is 2.05. The van der Waals surface area contributed by atoms with Crippen LogP contribution in [0.15, 0.2) is 0 Å². The summed E-state index contributed by atoms with van der Waals surface area (Å²) in [6.45, 7) is 3.86. The van der Waals surface area contributed by atoms with Gasteiger partial charge in [-0.15, -0.1) is 0 Å². The predicted octanol–water partition coefficient (Wildman–Crippen LogP) is -1.24. The minimum atomic E-state index is -1.04. The van der Waals surface area contributed by atoms with Crippen molar-refractivity contribution in [1.29, 1.82) is 0 Å². The van der Waals surface area contributed by atoms with E-state index in [0.29, 0.717) is 0 Å². The summed E-state index contributed by atoms with van der Waals surface area (Å²) in [5.41, 5.74) is 1.78. The number of nitrogens with zero attached hydrogens (tertiary/aromatic N) is 2. The monoisotopic (exact) mass is 182 g/mol. The number of carbonyl (C=O) groups is 1. The molecule has 0 amide bonds. The van der Waals surface area contributed by atoms with Crippen LogP contribution in [-0.2, 0) is 25.3 Å². The quantitative estimate of drug-likeness (QED) is 0.537. The number of carbonyl (C=O) groups excluding carboxylic acids is 1. The normalized spacial score (nSPS) is 10.5. The molecule has 72 valence electrons. The molecule has 0 unspecified atom stereocenters. The van der Waals surface area contributed by atoms with E-state index >= 15 is 0 Å². The molecule has 0 aliphatic heterocycles. The molecule has 0 spiro atoms. The van der Waals surface area contributed by atoms with Crippen molar-refractivity contribution >= 4 is 5.97 Å². The van der Waals surface area contributed by atoms with E-state index in [1.807, 2.05) is 37.1 Å². The van der Waals surface area contributed by atoms with Crippen LogP contribution in [0.4, 0.5) is 0 Å². The minimum absolute atomic E-state index is 0.0238. The van der Waals surface area contributed by atoms with Crippen LogP contribution in [-0.4, -0.2) is 10.5 Å². The fourth-order valence-corrected chi connectivity index (χ4v) is 1.48. The van der Waals surface area contributed by atoms with Crippen LogP contribution in [0.5, 0.6) is 0 Å². The smallest absolute Gasteiger partial charge is 0.253 e. The molecule has 0 fully saturated rings. The molecule has 0 N–H and O–H groups in total. The van der Waals surface area contributed by atoms with E-state index in [1.54, 1.807) is 0 Å². The summed E-state index contributed by atoms with van der Waals surface area (Å²) in [5, 5.41) is 10.5. The van der Waals surface area contributed by atoms with Crippen molar-refractivity contribution < 1.29 is 14.5 Å². The highest BCUT2D eigenvalue weighted by molar-refractivity contribution is 5.67. The lowest BCUT2D eigenvalue weighted by Crippen LogP contribution is -2.38. The molecule has 1 rings (SSSR count). The van der Waals surface area contributed by atoms with E-state index in [0.717, 1.165) is 17.2 Å². The molecule has 0 atom stereocenters. The SMILES string of the molecule is Cc1c(CC(=O)[O-])[n+](C)c(C)n1C. The number of carboxylic acid groups (broad SMARTS) is 1. The number of imidazole rings is 1. The first-order chi connectivity index (χ1) is 5.95. The Morgan fingerprint density at radius 2 is 2.08 bits per heavy atom. The molecule has 1 aromatic heterocycles. The lowest BCUT2D eigenvalue weighted by molar-refractivity contribution is -0.684. The average molecular weight is 182 g/mol. The number of hydrogen-bond acceptors (Lipinski definition) is 2. The van der Waals surface area contributed by atoms with Crippen molar-refractivity contribution in [2.75, 3.05) is 0 Å². The number of carboxylic acids is 1. The number of aliphatic carboxylic acids is 1. The van der Waals surface area contributed by atoms with Crippen molar-refractivity contribution in [3.8, 4) is 0 Å². The third-order valence-electron chi connectivity index (χ3n) is 2.61. The second-order valence-corrected chi connectivity index (χ2v) is 3.25. The summed E-state index contributed by atoms with van der Waals surface area (Å²) < 4.78 is 3.85. The molecule has 13 heavy (non-hydrogen) atoms. The number of rotatable bonds is 2. The van der Waals surface area contributed by atoms with Gasteiger partial charge in [0.25, 0.3) is 5.82 Å². The van der Waals surface area contributed by atoms with Crippen molar-refractivity contribution in [1.82, 2.24) is 4.57 Å². The summed E-state index contributed by atoms with van der Waals surface area (Å²) in [4.78, 5) is 10.5. The minimum Gasteiger partial charge on any atom is -0.550 e. The summed E-state index contributed by atoms with van der Waals surface area (Å²) in [5.74, 6) is -0.00181. The van der Waals surface area contributed by atoms with Crippen LogP contribution in [0, 0.1) is 13.8 Å². The Labute approximate surface area is 77.4 Å². The topological polar surface area (TPSA) is 48.9 Å². The third kappa shape index (κ3) is 1.56. The molecule has 0 aliphatic rings.